The zero-order valence-electron chi connectivity index (χ0n) is 17.1. The minimum absolute atomic E-state index is 0.0672. The summed E-state index contributed by atoms with van der Waals surface area (Å²) in [5.74, 6) is -3.06. The summed E-state index contributed by atoms with van der Waals surface area (Å²) in [6, 6.07) is 14.5. The predicted molar refractivity (Wildman–Crippen MR) is 112 cm³/mol. The Kier molecular flexibility index (Phi) is 7.16. The van der Waals surface area contributed by atoms with Crippen LogP contribution in [0.15, 0.2) is 54.6 Å². The maximum absolute atomic E-state index is 14.7. The van der Waals surface area contributed by atoms with Gasteiger partial charge in [-0.2, -0.15) is 4.39 Å². The Labute approximate surface area is 175 Å². The van der Waals surface area contributed by atoms with E-state index in [9.17, 15) is 18.3 Å². The van der Waals surface area contributed by atoms with Crippen molar-refractivity contribution in [3.05, 3.63) is 88.7 Å². The third kappa shape index (κ3) is 4.85. The Balaban J connectivity index is 1.80. The highest BCUT2D eigenvalue weighted by Crippen LogP contribution is 2.32. The van der Waals surface area contributed by atoms with Crippen LogP contribution in [0.1, 0.15) is 43.1 Å². The summed E-state index contributed by atoms with van der Waals surface area (Å²) in [6.45, 7) is 3.99. The zero-order chi connectivity index (χ0) is 21.7. The van der Waals surface area contributed by atoms with Gasteiger partial charge in [-0.05, 0) is 48.2 Å². The average Bonchev–Trinajstić information content (AvgIpc) is 2.73. The fraction of sp³-hybridized carbons (Fsp3) is 0.280. The van der Waals surface area contributed by atoms with Crippen molar-refractivity contribution in [1.82, 2.24) is 0 Å². The lowest BCUT2D eigenvalue weighted by Gasteiger charge is -2.14. The third-order valence-electron chi connectivity index (χ3n) is 5.01. The first-order chi connectivity index (χ1) is 14.4. The van der Waals surface area contributed by atoms with Crippen LogP contribution in [-0.4, -0.2) is 11.7 Å². The summed E-state index contributed by atoms with van der Waals surface area (Å²) < 4.78 is 48.3. The Bertz CT molecular complexity index is 1000. The summed E-state index contributed by atoms with van der Waals surface area (Å²) in [5.41, 5.74) is 2.35. The van der Waals surface area contributed by atoms with E-state index in [1.54, 1.807) is 6.92 Å². The lowest BCUT2D eigenvalue weighted by atomic mass is 9.96. The van der Waals surface area contributed by atoms with Crippen LogP contribution in [0.25, 0.3) is 11.1 Å². The SMILES string of the molecule is CCCc1ccc(CC(O)c2ccc(-c3ccc(OCC)c(F)c3F)cc2F)cc1. The van der Waals surface area contributed by atoms with Crippen LogP contribution >= 0.6 is 0 Å². The molecule has 0 aromatic heterocycles. The molecule has 0 heterocycles. The topological polar surface area (TPSA) is 29.5 Å². The minimum atomic E-state index is -1.11. The first-order valence-electron chi connectivity index (χ1n) is 10.1. The number of aliphatic hydroxyl groups excluding tert-OH is 1. The number of halogens is 3. The largest absolute Gasteiger partial charge is 0.491 e. The molecule has 2 nitrogen and oxygen atoms in total. The normalized spacial score (nSPS) is 12.1. The van der Waals surface area contributed by atoms with Crippen molar-refractivity contribution in [2.24, 2.45) is 0 Å². The summed E-state index contributed by atoms with van der Waals surface area (Å²) in [7, 11) is 0. The summed E-state index contributed by atoms with van der Waals surface area (Å²) in [5, 5.41) is 10.5. The van der Waals surface area contributed by atoms with Crippen molar-refractivity contribution in [1.29, 1.82) is 0 Å². The number of aryl methyl sites for hydroxylation is 1. The summed E-state index contributed by atoms with van der Waals surface area (Å²) in [6.07, 6.45) is 1.26. The number of rotatable bonds is 8. The Morgan fingerprint density at radius 1 is 0.867 bits per heavy atom. The van der Waals surface area contributed by atoms with Crippen LogP contribution < -0.4 is 4.74 Å². The Hall–Kier alpha value is -2.79. The Morgan fingerprint density at radius 2 is 1.57 bits per heavy atom. The second-order valence-corrected chi connectivity index (χ2v) is 7.19. The number of benzene rings is 3. The van der Waals surface area contributed by atoms with Crippen molar-refractivity contribution >= 4 is 0 Å². The van der Waals surface area contributed by atoms with E-state index in [-0.39, 0.29) is 35.5 Å². The van der Waals surface area contributed by atoms with E-state index in [1.165, 1.54) is 29.8 Å². The molecule has 0 amide bonds. The van der Waals surface area contributed by atoms with E-state index in [0.717, 1.165) is 24.5 Å². The molecule has 0 saturated heterocycles. The van der Waals surface area contributed by atoms with Crippen LogP contribution in [0.5, 0.6) is 5.75 Å². The molecule has 0 aliphatic carbocycles. The van der Waals surface area contributed by atoms with Crippen molar-refractivity contribution < 1.29 is 23.0 Å². The standard InChI is InChI=1S/C25H25F3O2/c1-3-5-16-6-8-17(9-7-16)14-22(29)20-11-10-18(15-21(20)26)19-12-13-23(30-4-2)25(28)24(19)27/h6-13,15,22,29H,3-5,14H2,1-2H3. The van der Waals surface area contributed by atoms with E-state index < -0.39 is 23.6 Å². The average molecular weight is 414 g/mol. The van der Waals surface area contributed by atoms with Crippen molar-refractivity contribution in [2.45, 2.75) is 39.2 Å². The molecule has 1 atom stereocenters. The summed E-state index contributed by atoms with van der Waals surface area (Å²) >= 11 is 0. The molecule has 0 spiro atoms. The molecule has 1 unspecified atom stereocenters. The number of hydrogen-bond donors (Lipinski definition) is 1. The lowest BCUT2D eigenvalue weighted by Crippen LogP contribution is -2.05. The van der Waals surface area contributed by atoms with E-state index in [2.05, 4.69) is 6.92 Å². The monoisotopic (exact) mass is 414 g/mol. The van der Waals surface area contributed by atoms with Gasteiger partial charge < -0.3 is 9.84 Å². The fourth-order valence-electron chi connectivity index (χ4n) is 3.45. The van der Waals surface area contributed by atoms with Crippen LogP contribution in [-0.2, 0) is 12.8 Å². The molecule has 0 bridgehead atoms. The second kappa shape index (κ2) is 9.81. The van der Waals surface area contributed by atoms with Gasteiger partial charge in [-0.3, -0.25) is 0 Å². The highest BCUT2D eigenvalue weighted by molar-refractivity contribution is 5.66. The number of aliphatic hydroxyl groups is 1. The van der Waals surface area contributed by atoms with E-state index in [1.807, 2.05) is 24.3 Å². The maximum atomic E-state index is 14.7. The molecular formula is C25H25F3O2. The number of hydrogen-bond acceptors (Lipinski definition) is 2. The van der Waals surface area contributed by atoms with Gasteiger partial charge in [0.15, 0.2) is 11.6 Å². The molecule has 1 N–H and O–H groups in total. The molecule has 158 valence electrons. The molecule has 0 aliphatic rings. The Morgan fingerprint density at radius 3 is 2.20 bits per heavy atom. The molecule has 0 aliphatic heterocycles. The number of ether oxygens (including phenoxy) is 1. The van der Waals surface area contributed by atoms with E-state index >= 15 is 0 Å². The molecule has 3 rings (SSSR count). The van der Waals surface area contributed by atoms with Gasteiger partial charge in [-0.25, -0.2) is 8.78 Å². The van der Waals surface area contributed by atoms with Crippen LogP contribution in [0.3, 0.4) is 0 Å². The second-order valence-electron chi connectivity index (χ2n) is 7.19. The highest BCUT2D eigenvalue weighted by Gasteiger charge is 2.19. The van der Waals surface area contributed by atoms with Crippen LogP contribution in [0.2, 0.25) is 0 Å². The smallest absolute Gasteiger partial charge is 0.201 e. The first-order valence-corrected chi connectivity index (χ1v) is 10.1. The molecule has 30 heavy (non-hydrogen) atoms. The molecule has 3 aromatic carbocycles. The predicted octanol–water partition coefficient (Wildman–Crippen LogP) is 6.40. The minimum Gasteiger partial charge on any atom is -0.491 e. The molecule has 3 aromatic rings. The maximum Gasteiger partial charge on any atom is 0.201 e. The van der Waals surface area contributed by atoms with Crippen molar-refractivity contribution in [2.75, 3.05) is 6.61 Å². The van der Waals surface area contributed by atoms with Gasteiger partial charge in [-0.15, -0.1) is 0 Å². The van der Waals surface area contributed by atoms with Gasteiger partial charge in [0.05, 0.1) is 12.7 Å². The van der Waals surface area contributed by atoms with Gasteiger partial charge in [0.1, 0.15) is 5.82 Å². The van der Waals surface area contributed by atoms with E-state index in [0.29, 0.717) is 0 Å². The van der Waals surface area contributed by atoms with Gasteiger partial charge in [0.25, 0.3) is 0 Å². The quantitative estimate of drug-likeness (QED) is 0.462. The van der Waals surface area contributed by atoms with Gasteiger partial charge >= 0.3 is 0 Å². The molecular weight excluding hydrogens is 389 g/mol. The highest BCUT2D eigenvalue weighted by atomic mass is 19.2. The van der Waals surface area contributed by atoms with Gasteiger partial charge in [0, 0.05) is 17.5 Å². The lowest BCUT2D eigenvalue weighted by molar-refractivity contribution is 0.173. The molecule has 0 saturated carbocycles. The summed E-state index contributed by atoms with van der Waals surface area (Å²) in [4.78, 5) is 0. The zero-order valence-corrected chi connectivity index (χ0v) is 17.1. The van der Waals surface area contributed by atoms with Crippen LogP contribution in [0, 0.1) is 17.5 Å². The molecule has 0 radical (unpaired) electrons. The van der Waals surface area contributed by atoms with Crippen LogP contribution in [0.4, 0.5) is 13.2 Å². The third-order valence-corrected chi connectivity index (χ3v) is 5.01. The van der Waals surface area contributed by atoms with E-state index in [4.69, 9.17) is 4.74 Å². The van der Waals surface area contributed by atoms with Gasteiger partial charge in [0.2, 0.25) is 5.82 Å². The molecule has 5 heteroatoms. The fourth-order valence-corrected chi connectivity index (χ4v) is 3.45. The first kappa shape index (κ1) is 21.9. The van der Waals surface area contributed by atoms with Crippen molar-refractivity contribution in [3.8, 4) is 16.9 Å². The van der Waals surface area contributed by atoms with Gasteiger partial charge in [-0.1, -0.05) is 49.7 Å². The van der Waals surface area contributed by atoms with Crippen molar-refractivity contribution in [3.63, 3.8) is 0 Å². The molecule has 0 fully saturated rings.